The molecule has 1 aliphatic heterocycles. The molecule has 1 fully saturated rings. The van der Waals surface area contributed by atoms with Crippen molar-refractivity contribution in [1.29, 1.82) is 0 Å². The molecule has 120 valence electrons. The van der Waals surface area contributed by atoms with Crippen LogP contribution in [-0.2, 0) is 0 Å². The van der Waals surface area contributed by atoms with Gasteiger partial charge in [-0.3, -0.25) is 4.90 Å². The van der Waals surface area contributed by atoms with Crippen molar-refractivity contribution >= 4 is 17.0 Å². The molecule has 0 saturated carbocycles. The fourth-order valence-electron chi connectivity index (χ4n) is 3.33. The van der Waals surface area contributed by atoms with Crippen LogP contribution in [0.3, 0.4) is 0 Å². The molecule has 1 aromatic carbocycles. The number of hydrogen-bond acceptors (Lipinski definition) is 4. The summed E-state index contributed by atoms with van der Waals surface area (Å²) in [6, 6.07) is 12.5. The molecular weight excluding hydrogens is 288 g/mol. The van der Waals surface area contributed by atoms with Crippen LogP contribution < -0.4 is 5.32 Å². The van der Waals surface area contributed by atoms with Gasteiger partial charge in [-0.1, -0.05) is 12.1 Å². The lowest BCUT2D eigenvalue weighted by molar-refractivity contribution is 0.223. The molecule has 0 bridgehead atoms. The average molecular weight is 310 g/mol. The van der Waals surface area contributed by atoms with E-state index in [-0.39, 0.29) is 6.04 Å². The lowest BCUT2D eigenvalue weighted by Crippen LogP contribution is -2.30. The number of para-hydroxylation sites is 2. The van der Waals surface area contributed by atoms with E-state index in [0.29, 0.717) is 0 Å². The van der Waals surface area contributed by atoms with Crippen molar-refractivity contribution in [2.75, 3.05) is 25.0 Å². The van der Waals surface area contributed by atoms with Gasteiger partial charge in [0.15, 0.2) is 0 Å². The smallest absolute Gasteiger partial charge is 0.201 e. The number of nitrogens with zero attached hydrogens (tertiary/aromatic N) is 2. The minimum atomic E-state index is 0.249. The van der Waals surface area contributed by atoms with Gasteiger partial charge in [-0.25, -0.2) is 4.98 Å². The third-order valence-electron chi connectivity index (χ3n) is 4.52. The molecule has 0 radical (unpaired) electrons. The topological polar surface area (TPSA) is 57.1 Å². The first-order valence-electron chi connectivity index (χ1n) is 8.28. The molecule has 5 heteroatoms. The highest BCUT2D eigenvalue weighted by atomic mass is 16.3. The summed E-state index contributed by atoms with van der Waals surface area (Å²) >= 11 is 0. The lowest BCUT2D eigenvalue weighted by Gasteiger charge is -2.25. The number of anilines is 1. The Morgan fingerprint density at radius 1 is 1.22 bits per heavy atom. The highest BCUT2D eigenvalue weighted by molar-refractivity contribution is 5.77. The van der Waals surface area contributed by atoms with Gasteiger partial charge in [0.05, 0.1) is 17.1 Å². The number of fused-ring (bicyclic) bond motifs is 1. The Morgan fingerprint density at radius 2 is 2.04 bits per heavy atom. The Bertz CT molecular complexity index is 752. The molecule has 0 spiro atoms. The monoisotopic (exact) mass is 310 g/mol. The van der Waals surface area contributed by atoms with E-state index in [0.717, 1.165) is 48.1 Å². The molecule has 3 heterocycles. The van der Waals surface area contributed by atoms with E-state index < -0.39 is 0 Å². The van der Waals surface area contributed by atoms with Crippen LogP contribution in [0.25, 0.3) is 11.0 Å². The number of rotatable bonds is 5. The molecule has 0 aliphatic carbocycles. The molecule has 3 aromatic rings. The normalized spacial score (nSPS) is 16.9. The molecule has 1 unspecified atom stereocenters. The van der Waals surface area contributed by atoms with Crippen LogP contribution >= 0.6 is 0 Å². The number of H-pyrrole nitrogens is 1. The van der Waals surface area contributed by atoms with Gasteiger partial charge >= 0.3 is 0 Å². The van der Waals surface area contributed by atoms with Crippen LogP contribution in [-0.4, -0.2) is 34.5 Å². The minimum Gasteiger partial charge on any atom is -0.465 e. The number of aryl methyl sites for hydroxylation is 1. The van der Waals surface area contributed by atoms with Gasteiger partial charge in [-0.2, -0.15) is 0 Å². The van der Waals surface area contributed by atoms with Crippen LogP contribution in [0.4, 0.5) is 5.95 Å². The van der Waals surface area contributed by atoms with E-state index in [4.69, 9.17) is 4.42 Å². The first-order valence-corrected chi connectivity index (χ1v) is 8.28. The number of benzene rings is 1. The molecule has 23 heavy (non-hydrogen) atoms. The maximum absolute atomic E-state index is 5.89. The Kier molecular flexibility index (Phi) is 3.79. The van der Waals surface area contributed by atoms with Crippen LogP contribution in [0.15, 0.2) is 40.8 Å². The Hall–Kier alpha value is -2.27. The number of aromatic amines is 1. The zero-order valence-corrected chi connectivity index (χ0v) is 13.4. The molecule has 2 N–H and O–H groups in total. The molecule has 1 atom stereocenters. The second kappa shape index (κ2) is 6.08. The summed E-state index contributed by atoms with van der Waals surface area (Å²) in [5, 5.41) is 3.45. The number of hydrogen-bond donors (Lipinski definition) is 2. The van der Waals surface area contributed by atoms with Crippen molar-refractivity contribution in [2.45, 2.75) is 25.8 Å². The summed E-state index contributed by atoms with van der Waals surface area (Å²) in [7, 11) is 0. The molecule has 0 amide bonds. The van der Waals surface area contributed by atoms with Gasteiger partial charge in [0.1, 0.15) is 11.5 Å². The van der Waals surface area contributed by atoms with Crippen molar-refractivity contribution in [2.24, 2.45) is 0 Å². The number of aromatic nitrogens is 2. The molecular formula is C18H22N4O. The van der Waals surface area contributed by atoms with Crippen LogP contribution in [0.1, 0.15) is 30.4 Å². The molecule has 1 saturated heterocycles. The fraction of sp³-hybridized carbons (Fsp3) is 0.389. The summed E-state index contributed by atoms with van der Waals surface area (Å²) in [5.74, 6) is 2.82. The number of nitrogens with one attached hydrogen (secondary N) is 2. The van der Waals surface area contributed by atoms with Crippen molar-refractivity contribution in [3.8, 4) is 0 Å². The Balaban J connectivity index is 1.52. The maximum Gasteiger partial charge on any atom is 0.201 e. The quantitative estimate of drug-likeness (QED) is 0.754. The second-order valence-electron chi connectivity index (χ2n) is 6.19. The van der Waals surface area contributed by atoms with E-state index in [9.17, 15) is 0 Å². The van der Waals surface area contributed by atoms with Gasteiger partial charge in [0.25, 0.3) is 0 Å². The zero-order valence-electron chi connectivity index (χ0n) is 13.4. The van der Waals surface area contributed by atoms with Gasteiger partial charge in [-0.05, 0) is 57.1 Å². The number of imidazole rings is 1. The van der Waals surface area contributed by atoms with Crippen LogP contribution in [0.5, 0.6) is 0 Å². The maximum atomic E-state index is 5.89. The first kappa shape index (κ1) is 14.3. The third kappa shape index (κ3) is 2.97. The van der Waals surface area contributed by atoms with E-state index in [1.807, 2.05) is 37.3 Å². The molecule has 2 aromatic heterocycles. The van der Waals surface area contributed by atoms with E-state index in [1.165, 1.54) is 12.8 Å². The molecule has 4 rings (SSSR count). The summed E-state index contributed by atoms with van der Waals surface area (Å²) < 4.78 is 5.89. The summed E-state index contributed by atoms with van der Waals surface area (Å²) in [4.78, 5) is 10.4. The summed E-state index contributed by atoms with van der Waals surface area (Å²) in [6.45, 7) is 5.04. The minimum absolute atomic E-state index is 0.249. The van der Waals surface area contributed by atoms with Gasteiger partial charge < -0.3 is 14.7 Å². The van der Waals surface area contributed by atoms with Crippen molar-refractivity contribution in [1.82, 2.24) is 14.9 Å². The second-order valence-corrected chi connectivity index (χ2v) is 6.19. The Labute approximate surface area is 135 Å². The summed E-state index contributed by atoms with van der Waals surface area (Å²) in [6.07, 6.45) is 2.53. The standard InChI is InChI=1S/C18H22N4O/c1-13-8-9-17(23-13)16(22-10-4-5-11-22)12-19-18-20-14-6-2-3-7-15(14)21-18/h2-3,6-9,16H,4-5,10-12H2,1H3,(H2,19,20,21). The summed E-state index contributed by atoms with van der Waals surface area (Å²) in [5.41, 5.74) is 2.04. The molecule has 5 nitrogen and oxygen atoms in total. The third-order valence-corrected chi connectivity index (χ3v) is 4.52. The highest BCUT2D eigenvalue weighted by Gasteiger charge is 2.26. The predicted molar refractivity (Wildman–Crippen MR) is 91.6 cm³/mol. The van der Waals surface area contributed by atoms with Crippen molar-refractivity contribution in [3.05, 3.63) is 47.9 Å². The number of furan rings is 1. The predicted octanol–water partition coefficient (Wildman–Crippen LogP) is 3.71. The molecule has 1 aliphatic rings. The van der Waals surface area contributed by atoms with Crippen molar-refractivity contribution < 1.29 is 4.42 Å². The van der Waals surface area contributed by atoms with Crippen molar-refractivity contribution in [3.63, 3.8) is 0 Å². The van der Waals surface area contributed by atoms with Crippen LogP contribution in [0.2, 0.25) is 0 Å². The van der Waals surface area contributed by atoms with E-state index >= 15 is 0 Å². The van der Waals surface area contributed by atoms with E-state index in [2.05, 4.69) is 26.3 Å². The largest absolute Gasteiger partial charge is 0.465 e. The fourth-order valence-corrected chi connectivity index (χ4v) is 3.33. The highest BCUT2D eigenvalue weighted by Crippen LogP contribution is 2.27. The van der Waals surface area contributed by atoms with Gasteiger partial charge in [0.2, 0.25) is 5.95 Å². The average Bonchev–Trinajstić information content (AvgIpc) is 3.28. The van der Waals surface area contributed by atoms with Crippen LogP contribution in [0, 0.1) is 6.92 Å². The Morgan fingerprint density at radius 3 is 2.78 bits per heavy atom. The first-order chi connectivity index (χ1) is 11.3. The number of likely N-dealkylation sites (tertiary alicyclic amines) is 1. The van der Waals surface area contributed by atoms with Gasteiger partial charge in [0, 0.05) is 6.54 Å². The zero-order chi connectivity index (χ0) is 15.6. The SMILES string of the molecule is Cc1ccc(C(CNc2nc3ccccc3[nH]2)N2CCCC2)o1. The lowest BCUT2D eigenvalue weighted by atomic mass is 10.2. The van der Waals surface area contributed by atoms with Gasteiger partial charge in [-0.15, -0.1) is 0 Å². The van der Waals surface area contributed by atoms with E-state index in [1.54, 1.807) is 0 Å².